The van der Waals surface area contributed by atoms with Crippen molar-refractivity contribution in [2.45, 2.75) is 39.2 Å². The van der Waals surface area contributed by atoms with Gasteiger partial charge >= 0.3 is 0 Å². The second-order valence-electron chi connectivity index (χ2n) is 4.94. The van der Waals surface area contributed by atoms with Crippen LogP contribution >= 0.6 is 0 Å². The number of carbonyl (C=O) groups excluding carboxylic acids is 1. The van der Waals surface area contributed by atoms with E-state index in [1.165, 1.54) is 0 Å². The molecule has 1 aliphatic heterocycles. The van der Waals surface area contributed by atoms with Crippen LogP contribution < -0.4 is 5.73 Å². The van der Waals surface area contributed by atoms with E-state index < -0.39 is 0 Å². The molecule has 1 unspecified atom stereocenters. The number of hydrogen-bond donors (Lipinski definition) is 1. The molecule has 0 radical (unpaired) electrons. The van der Waals surface area contributed by atoms with Gasteiger partial charge in [0.05, 0.1) is 0 Å². The van der Waals surface area contributed by atoms with E-state index in [2.05, 4.69) is 25.7 Å². The van der Waals surface area contributed by atoms with Crippen LogP contribution in [0.15, 0.2) is 0 Å². The van der Waals surface area contributed by atoms with E-state index in [-0.39, 0.29) is 11.4 Å². The van der Waals surface area contributed by atoms with Crippen LogP contribution in [0, 0.1) is 5.92 Å². The van der Waals surface area contributed by atoms with E-state index in [0.29, 0.717) is 12.3 Å². The minimum absolute atomic E-state index is 0.166. The van der Waals surface area contributed by atoms with E-state index in [4.69, 9.17) is 5.73 Å². The summed E-state index contributed by atoms with van der Waals surface area (Å²) < 4.78 is 0. The van der Waals surface area contributed by atoms with Crippen molar-refractivity contribution in [3.05, 3.63) is 0 Å². The zero-order chi connectivity index (χ0) is 10.1. The molecule has 0 aliphatic carbocycles. The number of amides is 1. The predicted octanol–water partition coefficient (Wildman–Crippen LogP) is 0.982. The molecule has 0 bridgehead atoms. The molecule has 0 aromatic heterocycles. The third kappa shape index (κ3) is 2.99. The number of nitrogens with two attached hydrogens (primary N) is 1. The van der Waals surface area contributed by atoms with Gasteiger partial charge in [0.2, 0.25) is 5.91 Å². The van der Waals surface area contributed by atoms with Crippen LogP contribution in [0.1, 0.15) is 33.6 Å². The van der Waals surface area contributed by atoms with Gasteiger partial charge in [0.1, 0.15) is 0 Å². The Balaban J connectivity index is 2.41. The molecular formula is C10H20N2O. The second-order valence-corrected chi connectivity index (χ2v) is 4.94. The Morgan fingerprint density at radius 1 is 1.54 bits per heavy atom. The molecule has 1 fully saturated rings. The van der Waals surface area contributed by atoms with Gasteiger partial charge in [-0.05, 0) is 39.7 Å². The maximum Gasteiger partial charge on any atom is 0.217 e. The number of carbonyl (C=O) groups is 1. The molecule has 0 aromatic rings. The predicted molar refractivity (Wildman–Crippen MR) is 53.2 cm³/mol. The molecule has 13 heavy (non-hydrogen) atoms. The average molecular weight is 184 g/mol. The molecule has 0 aromatic carbocycles. The van der Waals surface area contributed by atoms with Crippen LogP contribution in [0.5, 0.6) is 0 Å². The van der Waals surface area contributed by atoms with E-state index in [9.17, 15) is 4.79 Å². The third-order valence-electron chi connectivity index (χ3n) is 2.72. The quantitative estimate of drug-likeness (QED) is 0.695. The fourth-order valence-electron chi connectivity index (χ4n) is 1.89. The van der Waals surface area contributed by atoms with Crippen LogP contribution in [0.3, 0.4) is 0 Å². The highest BCUT2D eigenvalue weighted by Gasteiger charge is 2.30. The second kappa shape index (κ2) is 3.66. The number of rotatable bonds is 2. The smallest absolute Gasteiger partial charge is 0.217 e. The lowest BCUT2D eigenvalue weighted by atomic mass is 10.0. The van der Waals surface area contributed by atoms with E-state index in [1.807, 2.05) is 0 Å². The summed E-state index contributed by atoms with van der Waals surface area (Å²) in [6.07, 6.45) is 1.66. The van der Waals surface area contributed by atoms with E-state index in [1.54, 1.807) is 0 Å². The molecule has 1 amide bonds. The van der Waals surface area contributed by atoms with Crippen LogP contribution in [0.2, 0.25) is 0 Å². The van der Waals surface area contributed by atoms with Gasteiger partial charge in [-0.25, -0.2) is 0 Å². The number of hydrogen-bond acceptors (Lipinski definition) is 2. The molecule has 1 heterocycles. The van der Waals surface area contributed by atoms with E-state index >= 15 is 0 Å². The topological polar surface area (TPSA) is 46.3 Å². The largest absolute Gasteiger partial charge is 0.370 e. The van der Waals surface area contributed by atoms with Crippen LogP contribution in [0.25, 0.3) is 0 Å². The molecule has 76 valence electrons. The van der Waals surface area contributed by atoms with Crippen LogP contribution in [-0.4, -0.2) is 29.4 Å². The Labute approximate surface area is 80.3 Å². The first-order valence-electron chi connectivity index (χ1n) is 4.93. The first kappa shape index (κ1) is 10.5. The van der Waals surface area contributed by atoms with Gasteiger partial charge in [-0.3, -0.25) is 9.69 Å². The summed E-state index contributed by atoms with van der Waals surface area (Å²) >= 11 is 0. The highest BCUT2D eigenvalue weighted by Crippen LogP contribution is 2.25. The summed E-state index contributed by atoms with van der Waals surface area (Å²) in [5.74, 6) is 0.317. The lowest BCUT2D eigenvalue weighted by Crippen LogP contribution is -2.39. The Hall–Kier alpha value is -0.570. The van der Waals surface area contributed by atoms with Crippen molar-refractivity contribution in [3.8, 4) is 0 Å². The van der Waals surface area contributed by atoms with Gasteiger partial charge < -0.3 is 5.73 Å². The first-order valence-corrected chi connectivity index (χ1v) is 4.93. The summed E-state index contributed by atoms with van der Waals surface area (Å²) in [6.45, 7) is 8.74. The van der Waals surface area contributed by atoms with Crippen molar-refractivity contribution in [1.29, 1.82) is 0 Å². The summed E-state index contributed by atoms with van der Waals surface area (Å²) in [5.41, 5.74) is 5.40. The molecule has 3 nitrogen and oxygen atoms in total. The summed E-state index contributed by atoms with van der Waals surface area (Å²) in [4.78, 5) is 13.1. The number of nitrogens with zero attached hydrogens (tertiary/aromatic N) is 1. The zero-order valence-electron chi connectivity index (χ0n) is 8.84. The zero-order valence-corrected chi connectivity index (χ0v) is 8.84. The first-order chi connectivity index (χ1) is 5.89. The van der Waals surface area contributed by atoms with Gasteiger partial charge in [-0.15, -0.1) is 0 Å². The number of primary amides is 1. The average Bonchev–Trinajstić information content (AvgIpc) is 2.32. The Morgan fingerprint density at radius 3 is 2.54 bits per heavy atom. The fraction of sp³-hybridized carbons (Fsp3) is 0.900. The monoisotopic (exact) mass is 184 g/mol. The lowest BCUT2D eigenvalue weighted by Gasteiger charge is -2.31. The molecule has 0 spiro atoms. The Bertz CT molecular complexity index is 196. The molecule has 1 saturated heterocycles. The van der Waals surface area contributed by atoms with Crippen molar-refractivity contribution in [3.63, 3.8) is 0 Å². The van der Waals surface area contributed by atoms with Crippen LogP contribution in [0.4, 0.5) is 0 Å². The normalized spacial score (nSPS) is 25.0. The molecular weight excluding hydrogens is 164 g/mol. The van der Waals surface area contributed by atoms with Gasteiger partial charge in [-0.2, -0.15) is 0 Å². The van der Waals surface area contributed by atoms with Gasteiger partial charge in [-0.1, -0.05) is 0 Å². The van der Waals surface area contributed by atoms with Crippen molar-refractivity contribution in [1.82, 2.24) is 4.90 Å². The Morgan fingerprint density at radius 2 is 2.15 bits per heavy atom. The summed E-state index contributed by atoms with van der Waals surface area (Å²) in [7, 11) is 0. The van der Waals surface area contributed by atoms with Crippen molar-refractivity contribution in [2.24, 2.45) is 11.7 Å². The van der Waals surface area contributed by atoms with Crippen molar-refractivity contribution in [2.75, 3.05) is 13.1 Å². The lowest BCUT2D eigenvalue weighted by molar-refractivity contribution is -0.118. The molecule has 3 heteroatoms. The highest BCUT2D eigenvalue weighted by molar-refractivity contribution is 5.74. The minimum atomic E-state index is -0.166. The van der Waals surface area contributed by atoms with Gasteiger partial charge in [0.25, 0.3) is 0 Å². The Kier molecular flexibility index (Phi) is 2.96. The standard InChI is InChI=1S/C10H20N2O/c1-10(2,3)12-5-4-8(7-12)6-9(11)13/h8H,4-7H2,1-3H3,(H2,11,13). The fourth-order valence-corrected chi connectivity index (χ4v) is 1.89. The molecule has 2 N–H and O–H groups in total. The summed E-state index contributed by atoms with van der Waals surface area (Å²) in [5, 5.41) is 0. The molecule has 0 saturated carbocycles. The van der Waals surface area contributed by atoms with E-state index in [0.717, 1.165) is 19.5 Å². The van der Waals surface area contributed by atoms with Crippen LogP contribution in [-0.2, 0) is 4.79 Å². The summed E-state index contributed by atoms with van der Waals surface area (Å²) in [6, 6.07) is 0. The van der Waals surface area contributed by atoms with Gasteiger partial charge in [0, 0.05) is 18.5 Å². The maximum atomic E-state index is 10.7. The highest BCUT2D eigenvalue weighted by atomic mass is 16.1. The maximum absolute atomic E-state index is 10.7. The molecule has 1 aliphatic rings. The van der Waals surface area contributed by atoms with Crippen molar-refractivity contribution >= 4 is 5.91 Å². The van der Waals surface area contributed by atoms with Gasteiger partial charge in [0.15, 0.2) is 0 Å². The number of likely N-dealkylation sites (tertiary alicyclic amines) is 1. The molecule has 1 atom stereocenters. The third-order valence-corrected chi connectivity index (χ3v) is 2.72. The molecule has 1 rings (SSSR count). The van der Waals surface area contributed by atoms with Crippen molar-refractivity contribution < 1.29 is 4.79 Å². The SMILES string of the molecule is CC(C)(C)N1CCC(CC(N)=O)C1. The minimum Gasteiger partial charge on any atom is -0.370 e.